The third-order valence-corrected chi connectivity index (χ3v) is 9.71. The molecular formula is C35H59NO4S. The number of thiocarbonyl (C=S) groups is 1. The predicted octanol–water partition coefficient (Wildman–Crippen LogP) is 8.54. The van der Waals surface area contributed by atoms with Crippen molar-refractivity contribution in [3.8, 4) is 0 Å². The molecule has 234 valence electrons. The molecule has 1 fully saturated rings. The average Bonchev–Trinajstić information content (AvgIpc) is 3.64. The molecule has 0 radical (unpaired) electrons. The van der Waals surface area contributed by atoms with Gasteiger partial charge in [0.2, 0.25) is 0 Å². The molecule has 0 aromatic carbocycles. The molecule has 0 aliphatic carbocycles. The second-order valence-corrected chi connectivity index (χ2v) is 14.9. The first-order chi connectivity index (χ1) is 19.0. The number of hydrogen-bond donors (Lipinski definition) is 0. The molecule has 1 saturated heterocycles. The summed E-state index contributed by atoms with van der Waals surface area (Å²) in [6.07, 6.45) is 15.4. The van der Waals surface area contributed by atoms with E-state index in [2.05, 4.69) is 99.6 Å². The molecule has 5 nitrogen and oxygen atoms in total. The molecule has 0 bridgehead atoms. The summed E-state index contributed by atoms with van der Waals surface area (Å²) in [5.74, 6) is 1.34. The van der Waals surface area contributed by atoms with Crippen molar-refractivity contribution >= 4 is 23.4 Å². The standard InChI is InChI=1S/C35H59NO4S/c1-13-24(3)27(6)32-28(38-32)22-34(7,8)19-14-15-25(4)31-26(5)16-17-29(39-33(41)36(11)12)35(9,10)20-18-23(2)21-30(37)40-31/h14-17,19,23-24,26-29,31-32H,13,18,20-22H2,1-12H3/b17-16+,19-14+,25-15+. The third-order valence-electron chi connectivity index (χ3n) is 9.25. The van der Waals surface area contributed by atoms with Crippen LogP contribution in [-0.2, 0) is 19.0 Å². The lowest BCUT2D eigenvalue weighted by molar-refractivity contribution is -0.149. The molecule has 0 spiro atoms. The van der Waals surface area contributed by atoms with Crippen LogP contribution in [0.4, 0.5) is 0 Å². The normalized spacial score (nSPS) is 31.8. The summed E-state index contributed by atoms with van der Waals surface area (Å²) in [4.78, 5) is 14.8. The quantitative estimate of drug-likeness (QED) is 0.0883. The summed E-state index contributed by atoms with van der Waals surface area (Å²) in [5, 5.41) is 0.476. The van der Waals surface area contributed by atoms with E-state index in [1.54, 1.807) is 0 Å². The van der Waals surface area contributed by atoms with Crippen LogP contribution in [0.15, 0.2) is 36.0 Å². The van der Waals surface area contributed by atoms with Gasteiger partial charge >= 0.3 is 5.97 Å². The largest absolute Gasteiger partial charge is 0.463 e. The number of esters is 1. The lowest BCUT2D eigenvalue weighted by Crippen LogP contribution is -2.37. The van der Waals surface area contributed by atoms with Gasteiger partial charge in [-0.2, -0.15) is 0 Å². The van der Waals surface area contributed by atoms with E-state index in [9.17, 15) is 4.79 Å². The summed E-state index contributed by atoms with van der Waals surface area (Å²) >= 11 is 5.50. The van der Waals surface area contributed by atoms with Crippen LogP contribution >= 0.6 is 12.2 Å². The van der Waals surface area contributed by atoms with E-state index in [1.807, 2.05) is 19.0 Å². The number of allylic oxidation sites excluding steroid dienone is 3. The molecule has 2 rings (SSSR count). The molecule has 2 heterocycles. The van der Waals surface area contributed by atoms with Crippen molar-refractivity contribution in [3.63, 3.8) is 0 Å². The minimum Gasteiger partial charge on any atom is -0.463 e. The van der Waals surface area contributed by atoms with Crippen LogP contribution in [0.3, 0.4) is 0 Å². The van der Waals surface area contributed by atoms with Crippen LogP contribution in [0.1, 0.15) is 101 Å². The molecule has 8 unspecified atom stereocenters. The zero-order chi connectivity index (χ0) is 31.1. The van der Waals surface area contributed by atoms with Crippen molar-refractivity contribution < 1.29 is 19.0 Å². The van der Waals surface area contributed by atoms with Gasteiger partial charge in [-0.15, -0.1) is 0 Å². The van der Waals surface area contributed by atoms with Crippen LogP contribution in [0.2, 0.25) is 0 Å². The van der Waals surface area contributed by atoms with Gasteiger partial charge in [0, 0.05) is 31.8 Å². The van der Waals surface area contributed by atoms with Crippen molar-refractivity contribution in [3.05, 3.63) is 36.0 Å². The molecule has 0 aromatic heterocycles. The van der Waals surface area contributed by atoms with Gasteiger partial charge in [0.15, 0.2) is 0 Å². The van der Waals surface area contributed by atoms with Crippen LogP contribution < -0.4 is 0 Å². The number of hydrogen-bond acceptors (Lipinski definition) is 5. The minimum absolute atomic E-state index is 0.0104. The average molecular weight is 590 g/mol. The predicted molar refractivity (Wildman–Crippen MR) is 175 cm³/mol. The van der Waals surface area contributed by atoms with Gasteiger partial charge in [-0.05, 0) is 73.2 Å². The van der Waals surface area contributed by atoms with Crippen LogP contribution in [0.5, 0.6) is 0 Å². The lowest BCUT2D eigenvalue weighted by Gasteiger charge is -2.35. The van der Waals surface area contributed by atoms with Crippen molar-refractivity contribution in [2.45, 2.75) is 126 Å². The highest BCUT2D eigenvalue weighted by molar-refractivity contribution is 7.80. The topological polar surface area (TPSA) is 51.3 Å². The zero-order valence-electron chi connectivity index (χ0n) is 28.0. The number of cyclic esters (lactones) is 1. The highest BCUT2D eigenvalue weighted by Crippen LogP contribution is 2.41. The van der Waals surface area contributed by atoms with Crippen LogP contribution in [0, 0.1) is 34.5 Å². The van der Waals surface area contributed by atoms with E-state index in [1.165, 1.54) is 6.42 Å². The lowest BCUT2D eigenvalue weighted by atomic mass is 9.78. The van der Waals surface area contributed by atoms with Crippen molar-refractivity contribution in [2.75, 3.05) is 14.1 Å². The molecular weight excluding hydrogens is 530 g/mol. The van der Waals surface area contributed by atoms with Gasteiger partial charge in [0.05, 0.1) is 12.2 Å². The second kappa shape index (κ2) is 15.2. The number of carbonyl (C=O) groups excluding carboxylic acids is 1. The van der Waals surface area contributed by atoms with Gasteiger partial charge in [-0.3, -0.25) is 4.79 Å². The molecule has 41 heavy (non-hydrogen) atoms. The van der Waals surface area contributed by atoms with Crippen LogP contribution in [0.25, 0.3) is 0 Å². The fraction of sp³-hybridized carbons (Fsp3) is 0.771. The molecule has 8 atom stereocenters. The van der Waals surface area contributed by atoms with Gasteiger partial charge in [-0.1, -0.05) is 93.0 Å². The molecule has 0 N–H and O–H groups in total. The molecule has 0 saturated carbocycles. The second-order valence-electron chi connectivity index (χ2n) is 14.5. The Morgan fingerprint density at radius 1 is 1.24 bits per heavy atom. The van der Waals surface area contributed by atoms with E-state index < -0.39 is 0 Å². The number of nitrogens with zero attached hydrogens (tertiary/aromatic N) is 1. The Labute approximate surface area is 257 Å². The van der Waals surface area contributed by atoms with Crippen molar-refractivity contribution in [1.82, 2.24) is 4.90 Å². The first-order valence-electron chi connectivity index (χ1n) is 15.7. The molecule has 0 aromatic rings. The van der Waals surface area contributed by atoms with E-state index in [0.717, 1.165) is 24.8 Å². The Hall–Kier alpha value is -1.66. The molecule has 0 amide bonds. The zero-order valence-corrected chi connectivity index (χ0v) is 28.8. The first kappa shape index (κ1) is 35.5. The summed E-state index contributed by atoms with van der Waals surface area (Å²) in [6.45, 7) is 22.2. The molecule has 2 aliphatic heterocycles. The fourth-order valence-electron chi connectivity index (χ4n) is 5.62. The number of epoxide rings is 1. The maximum absolute atomic E-state index is 13.0. The molecule has 2 aliphatic rings. The Bertz CT molecular complexity index is 965. The van der Waals surface area contributed by atoms with Gasteiger partial charge in [0.1, 0.15) is 12.2 Å². The van der Waals surface area contributed by atoms with Gasteiger partial charge < -0.3 is 19.1 Å². The summed E-state index contributed by atoms with van der Waals surface area (Å²) < 4.78 is 18.5. The van der Waals surface area contributed by atoms with Crippen molar-refractivity contribution in [2.24, 2.45) is 34.5 Å². The maximum Gasteiger partial charge on any atom is 0.306 e. The first-order valence-corrected chi connectivity index (χ1v) is 16.2. The summed E-state index contributed by atoms with van der Waals surface area (Å²) in [7, 11) is 3.81. The number of carbonyl (C=O) groups is 1. The minimum atomic E-state index is -0.352. The Morgan fingerprint density at radius 2 is 1.90 bits per heavy atom. The third kappa shape index (κ3) is 11.2. The summed E-state index contributed by atoms with van der Waals surface area (Å²) in [6, 6.07) is 0. The number of rotatable bonds is 9. The maximum atomic E-state index is 13.0. The summed E-state index contributed by atoms with van der Waals surface area (Å²) in [5.41, 5.74) is 0.897. The fourth-order valence-corrected chi connectivity index (χ4v) is 5.73. The highest BCUT2D eigenvalue weighted by atomic mass is 32.1. The van der Waals surface area contributed by atoms with Crippen molar-refractivity contribution in [1.29, 1.82) is 0 Å². The SMILES string of the molecule is CCC(C)C(C)C1OC1CC(C)(C)/C=C/C=C(\C)C1OC(=O)CC(C)CCC(C)(C)C(OC(=S)N(C)C)/C=C/C1C. The van der Waals surface area contributed by atoms with Gasteiger partial charge in [0.25, 0.3) is 5.17 Å². The molecule has 6 heteroatoms. The highest BCUT2D eigenvalue weighted by Gasteiger charge is 2.46. The van der Waals surface area contributed by atoms with Gasteiger partial charge in [-0.25, -0.2) is 0 Å². The number of ether oxygens (including phenoxy) is 3. The monoisotopic (exact) mass is 589 g/mol. The van der Waals surface area contributed by atoms with Crippen LogP contribution in [-0.4, -0.2) is 54.6 Å². The van der Waals surface area contributed by atoms with E-state index >= 15 is 0 Å². The Kier molecular flexibility index (Phi) is 13.2. The van der Waals surface area contributed by atoms with E-state index in [-0.39, 0.29) is 40.8 Å². The van der Waals surface area contributed by atoms with E-state index in [4.69, 9.17) is 26.4 Å². The Morgan fingerprint density at radius 3 is 2.51 bits per heavy atom. The Balaban J connectivity index is 2.21. The van der Waals surface area contributed by atoms with E-state index in [0.29, 0.717) is 35.6 Å². The smallest absolute Gasteiger partial charge is 0.306 e.